The maximum atomic E-state index is 13.2. The van der Waals surface area contributed by atoms with Gasteiger partial charge in [0.1, 0.15) is 5.75 Å². The fraction of sp³-hybridized carbons (Fsp3) is 0.606. The van der Waals surface area contributed by atoms with E-state index >= 15 is 0 Å². The molecule has 0 spiro atoms. The van der Waals surface area contributed by atoms with Crippen LogP contribution < -0.4 is 4.74 Å². The number of likely N-dealkylation sites (tertiary alicyclic amines) is 1. The molecule has 1 fully saturated rings. The Morgan fingerprint density at radius 2 is 1.81 bits per heavy atom. The number of ether oxygens (including phenoxy) is 1. The molecule has 204 valence electrons. The first-order chi connectivity index (χ1) is 19.3. The van der Waals surface area contributed by atoms with Crippen molar-refractivity contribution in [2.45, 2.75) is 109 Å². The number of aromatic nitrogens is 1. The van der Waals surface area contributed by atoms with E-state index in [-0.39, 0.29) is 11.9 Å². The van der Waals surface area contributed by atoms with E-state index in [1.54, 1.807) is 16.6 Å². The summed E-state index contributed by atoms with van der Waals surface area (Å²) in [6.07, 6.45) is 26.7. The molecule has 37 heavy (non-hydrogen) atoms. The lowest BCUT2D eigenvalue weighted by atomic mass is 10.0. The Morgan fingerprint density at radius 1 is 1.05 bits per heavy atom. The third-order valence-electron chi connectivity index (χ3n) is 7.54. The minimum Gasteiger partial charge on any atom is -0.497 e. The zero-order chi connectivity index (χ0) is 28.8. The van der Waals surface area contributed by atoms with Gasteiger partial charge in [0, 0.05) is 28.2 Å². The normalized spacial score (nSPS) is 18.1. The lowest BCUT2D eigenvalue weighted by Gasteiger charge is -2.18. The van der Waals surface area contributed by atoms with Crippen LogP contribution in [0, 0.1) is 0 Å². The quantitative estimate of drug-likeness (QED) is 0.158. The molecule has 0 radical (unpaired) electrons. The summed E-state index contributed by atoms with van der Waals surface area (Å²) in [4.78, 5) is 14.9. The predicted octanol–water partition coefficient (Wildman–Crippen LogP) is 8.74. The summed E-state index contributed by atoms with van der Waals surface area (Å²) in [5.41, 5.74) is 1.89. The number of benzene rings is 1. The first-order valence-corrected chi connectivity index (χ1v) is 14.6. The van der Waals surface area contributed by atoms with E-state index < -0.39 is 6.98 Å². The van der Waals surface area contributed by atoms with Gasteiger partial charge in [-0.25, -0.2) is 0 Å². The van der Waals surface area contributed by atoms with Crippen molar-refractivity contribution in [2.24, 2.45) is 0 Å². The molecule has 1 aromatic carbocycles. The van der Waals surface area contributed by atoms with Crippen molar-refractivity contribution in [3.05, 3.63) is 54.3 Å². The lowest BCUT2D eigenvalue weighted by Crippen LogP contribution is -2.26. The Morgan fingerprint density at radius 3 is 2.57 bits per heavy atom. The number of likely N-dealkylation sites (N-methyl/N-ethyl adjacent to an activating group) is 1. The molecule has 1 saturated heterocycles. The molecule has 1 aliphatic heterocycles. The number of fused-ring (bicyclic) bond motifs is 1. The van der Waals surface area contributed by atoms with Crippen LogP contribution in [0.1, 0.15) is 111 Å². The van der Waals surface area contributed by atoms with Gasteiger partial charge < -0.3 is 9.64 Å². The Labute approximate surface area is 230 Å². The molecule has 4 heteroatoms. The van der Waals surface area contributed by atoms with Gasteiger partial charge in [-0.05, 0) is 95.1 Å². The van der Waals surface area contributed by atoms with Crippen LogP contribution in [0.5, 0.6) is 5.75 Å². The molecule has 0 unspecified atom stereocenters. The second kappa shape index (κ2) is 16.5. The van der Waals surface area contributed by atoms with Gasteiger partial charge in [0.2, 0.25) is 5.91 Å². The molecule has 0 amide bonds. The van der Waals surface area contributed by atoms with E-state index in [1.165, 1.54) is 38.5 Å². The lowest BCUT2D eigenvalue weighted by molar-refractivity contribution is 0.0904. The minimum atomic E-state index is -2.09. The maximum absolute atomic E-state index is 13.2. The zero-order valence-electron chi connectivity index (χ0n) is 26.2. The molecule has 3 rings (SSSR count). The van der Waals surface area contributed by atoms with Crippen molar-refractivity contribution >= 4 is 16.8 Å². The van der Waals surface area contributed by atoms with E-state index in [0.29, 0.717) is 19.4 Å². The third kappa shape index (κ3) is 9.48. The van der Waals surface area contributed by atoms with Gasteiger partial charge in [-0.1, -0.05) is 63.3 Å². The molecule has 0 bridgehead atoms. The summed E-state index contributed by atoms with van der Waals surface area (Å²) >= 11 is 0. The Kier molecular flexibility index (Phi) is 11.1. The number of hydrogen-bond acceptors (Lipinski definition) is 3. The predicted molar refractivity (Wildman–Crippen MR) is 158 cm³/mol. The average Bonchev–Trinajstić information content (AvgIpc) is 3.55. The van der Waals surface area contributed by atoms with Gasteiger partial charge in [0.05, 0.1) is 12.6 Å². The number of nitrogens with zero attached hydrogens (tertiary/aromatic N) is 2. The highest BCUT2D eigenvalue weighted by Gasteiger charge is 2.23. The summed E-state index contributed by atoms with van der Waals surface area (Å²) in [5, 5.41) is 0.977. The van der Waals surface area contributed by atoms with E-state index in [2.05, 4.69) is 31.2 Å². The number of hydrogen-bond donors (Lipinski definition) is 0. The highest BCUT2D eigenvalue weighted by Crippen LogP contribution is 2.30. The maximum Gasteiger partial charge on any atom is 0.231 e. The molecule has 1 atom stereocenters. The van der Waals surface area contributed by atoms with E-state index in [4.69, 9.17) is 8.85 Å². The van der Waals surface area contributed by atoms with Crippen LogP contribution in [0.3, 0.4) is 0 Å². The Bertz CT molecular complexity index is 1100. The molecule has 0 aliphatic carbocycles. The minimum absolute atomic E-state index is 0.0466. The first kappa shape index (κ1) is 25.0. The molecular weight excluding hydrogens is 456 g/mol. The highest BCUT2D eigenvalue weighted by atomic mass is 16.5. The van der Waals surface area contributed by atoms with Gasteiger partial charge in [0.15, 0.2) is 0 Å². The van der Waals surface area contributed by atoms with Crippen LogP contribution in [0.2, 0.25) is 0 Å². The standard InChI is InChI=1S/C33H50N2O2/c1-4-5-6-7-8-9-10-11-12-13-14-15-16-17-18-21-33(36)35-27-28(25-29-20-19-24-34(29)2)31-26-30(37-3)22-23-32(31)35/h8-9,11-12,22-23,26-27,29H,4-7,10,13-21,24-25H2,1-3H3/b9-8-,12-11-/t29-/m1/s1/i2D3. The summed E-state index contributed by atoms with van der Waals surface area (Å²) in [6.45, 7) is 0.742. The number of carbonyl (C=O) groups is 1. The largest absolute Gasteiger partial charge is 0.497 e. The molecule has 2 aromatic rings. The van der Waals surface area contributed by atoms with Crippen molar-refractivity contribution in [1.82, 2.24) is 9.47 Å². The van der Waals surface area contributed by atoms with E-state index in [0.717, 1.165) is 67.2 Å². The second-order valence-electron chi connectivity index (χ2n) is 10.5. The van der Waals surface area contributed by atoms with Gasteiger partial charge in [-0.15, -0.1) is 0 Å². The zero-order valence-corrected chi connectivity index (χ0v) is 23.2. The third-order valence-corrected chi connectivity index (χ3v) is 7.54. The molecule has 1 aliphatic rings. The summed E-state index contributed by atoms with van der Waals surface area (Å²) < 4.78 is 30.9. The number of unbranched alkanes of at least 4 members (excludes halogenated alkanes) is 8. The molecular formula is C33H50N2O2. The molecule has 0 saturated carbocycles. The fourth-order valence-electron chi connectivity index (χ4n) is 5.28. The Balaban J connectivity index is 1.45. The van der Waals surface area contributed by atoms with Gasteiger partial charge >= 0.3 is 0 Å². The van der Waals surface area contributed by atoms with Crippen LogP contribution in [0.4, 0.5) is 0 Å². The van der Waals surface area contributed by atoms with Crippen molar-refractivity contribution in [1.29, 1.82) is 0 Å². The fourth-order valence-corrected chi connectivity index (χ4v) is 5.28. The summed E-state index contributed by atoms with van der Waals surface area (Å²) in [6, 6.07) is 5.76. The summed E-state index contributed by atoms with van der Waals surface area (Å²) in [5.74, 6) is 0.845. The molecule has 2 heterocycles. The van der Waals surface area contributed by atoms with Crippen molar-refractivity contribution < 1.29 is 13.6 Å². The highest BCUT2D eigenvalue weighted by molar-refractivity contribution is 5.95. The molecule has 4 nitrogen and oxygen atoms in total. The van der Waals surface area contributed by atoms with Crippen LogP contribution in [-0.4, -0.2) is 42.0 Å². The molecule has 0 N–H and O–H groups in total. The van der Waals surface area contributed by atoms with Crippen LogP contribution in [0.15, 0.2) is 48.7 Å². The van der Waals surface area contributed by atoms with Gasteiger partial charge in [-0.3, -0.25) is 9.36 Å². The second-order valence-corrected chi connectivity index (χ2v) is 10.5. The summed E-state index contributed by atoms with van der Waals surface area (Å²) in [7, 11) is 1.64. The van der Waals surface area contributed by atoms with Crippen LogP contribution in [-0.2, 0) is 6.42 Å². The topological polar surface area (TPSA) is 34.5 Å². The van der Waals surface area contributed by atoms with Crippen LogP contribution >= 0.6 is 0 Å². The number of carbonyl (C=O) groups excluding carboxylic acids is 1. The number of methoxy groups -OCH3 is 1. The van der Waals surface area contributed by atoms with Crippen LogP contribution in [0.25, 0.3) is 10.9 Å². The van der Waals surface area contributed by atoms with E-state index in [1.807, 2.05) is 24.4 Å². The van der Waals surface area contributed by atoms with Crippen molar-refractivity contribution in [3.63, 3.8) is 0 Å². The smallest absolute Gasteiger partial charge is 0.231 e. The Hall–Kier alpha value is -2.33. The van der Waals surface area contributed by atoms with Crippen molar-refractivity contribution in [2.75, 3.05) is 20.6 Å². The first-order valence-electron chi connectivity index (χ1n) is 16.1. The number of allylic oxidation sites excluding steroid dienone is 4. The van der Waals surface area contributed by atoms with Crippen molar-refractivity contribution in [3.8, 4) is 5.75 Å². The monoisotopic (exact) mass is 509 g/mol. The SMILES string of the molecule is [2H]C([2H])([2H])N1CCC[C@@H]1Cc1cn(C(=O)CCCCCCC/C=C\C/C=C\CCCCC)c2ccc(OC)cc12. The molecule has 1 aromatic heterocycles. The van der Waals surface area contributed by atoms with Gasteiger partial charge in [-0.2, -0.15) is 0 Å². The van der Waals surface area contributed by atoms with E-state index in [9.17, 15) is 4.79 Å². The average molecular weight is 510 g/mol. The number of rotatable bonds is 17. The van der Waals surface area contributed by atoms with Gasteiger partial charge in [0.25, 0.3) is 0 Å².